The van der Waals surface area contributed by atoms with Gasteiger partial charge in [0.2, 0.25) is 0 Å². The monoisotopic (exact) mass is 624 g/mol. The molecule has 2 unspecified atom stereocenters. The Kier molecular flexibility index (Phi) is 15.4. The molecule has 2 rings (SSSR count). The second-order valence-electron chi connectivity index (χ2n) is 12.8. The molecule has 1 aromatic carbocycles. The second kappa shape index (κ2) is 18.1. The predicted octanol–water partition coefficient (Wildman–Crippen LogP) is 11.1. The number of carbonyl (C=O) groups is 1. The SMILES string of the molecule is CCCCC(CC)CN(CC(CC)CCCC)c1cc(C)c(N=Nc2sc(C(=O)OCC)c(C(C)(C)C)c2C#N)cc1OC. The van der Waals surface area contributed by atoms with Gasteiger partial charge < -0.3 is 14.4 Å². The van der Waals surface area contributed by atoms with Gasteiger partial charge in [0.25, 0.3) is 0 Å². The largest absolute Gasteiger partial charge is 0.495 e. The zero-order valence-corrected chi connectivity index (χ0v) is 29.8. The van der Waals surface area contributed by atoms with Crippen LogP contribution in [0.25, 0.3) is 0 Å². The first-order valence-electron chi connectivity index (χ1n) is 16.6. The van der Waals surface area contributed by atoms with Gasteiger partial charge in [-0.3, -0.25) is 0 Å². The van der Waals surface area contributed by atoms with Crippen LogP contribution >= 0.6 is 11.3 Å². The number of anilines is 1. The number of thiophene rings is 1. The highest BCUT2D eigenvalue weighted by Crippen LogP contribution is 2.43. The molecule has 7 nitrogen and oxygen atoms in total. The van der Waals surface area contributed by atoms with Crippen molar-refractivity contribution in [2.75, 3.05) is 31.7 Å². The Morgan fingerprint density at radius 3 is 2.05 bits per heavy atom. The van der Waals surface area contributed by atoms with E-state index in [9.17, 15) is 10.1 Å². The predicted molar refractivity (Wildman–Crippen MR) is 184 cm³/mol. The highest BCUT2D eigenvalue weighted by atomic mass is 32.1. The molecule has 0 aliphatic rings. The van der Waals surface area contributed by atoms with Crippen LogP contribution < -0.4 is 9.64 Å². The van der Waals surface area contributed by atoms with Gasteiger partial charge in [0, 0.05) is 24.7 Å². The number of nitriles is 1. The first-order chi connectivity index (χ1) is 21.0. The van der Waals surface area contributed by atoms with E-state index in [1.165, 1.54) is 38.5 Å². The van der Waals surface area contributed by atoms with E-state index in [4.69, 9.17) is 9.47 Å². The maximum atomic E-state index is 12.8. The molecule has 244 valence electrons. The average molecular weight is 625 g/mol. The van der Waals surface area contributed by atoms with Crippen LogP contribution in [0.5, 0.6) is 5.75 Å². The van der Waals surface area contributed by atoms with Gasteiger partial charge in [0.15, 0.2) is 5.00 Å². The van der Waals surface area contributed by atoms with Crippen LogP contribution in [0.15, 0.2) is 22.4 Å². The van der Waals surface area contributed by atoms with Gasteiger partial charge in [-0.25, -0.2) is 4.79 Å². The molecule has 0 N–H and O–H groups in total. The highest BCUT2D eigenvalue weighted by molar-refractivity contribution is 7.18. The van der Waals surface area contributed by atoms with Crippen LogP contribution in [0.2, 0.25) is 0 Å². The first kappa shape index (κ1) is 37.3. The topological polar surface area (TPSA) is 87.3 Å². The van der Waals surface area contributed by atoms with Gasteiger partial charge in [-0.15, -0.1) is 21.6 Å². The number of unbranched alkanes of at least 4 members (excludes halogenated alkanes) is 2. The van der Waals surface area contributed by atoms with Crippen molar-refractivity contribution in [1.29, 1.82) is 5.26 Å². The number of esters is 1. The van der Waals surface area contributed by atoms with Gasteiger partial charge in [-0.2, -0.15) is 5.26 Å². The maximum Gasteiger partial charge on any atom is 0.348 e. The molecule has 0 spiro atoms. The maximum absolute atomic E-state index is 12.8. The summed E-state index contributed by atoms with van der Waals surface area (Å²) >= 11 is 1.16. The number of methoxy groups -OCH3 is 1. The fourth-order valence-electron chi connectivity index (χ4n) is 5.66. The Bertz CT molecular complexity index is 1250. The van der Waals surface area contributed by atoms with E-state index in [-0.39, 0.29) is 6.61 Å². The molecule has 2 atom stereocenters. The molecule has 0 bridgehead atoms. The van der Waals surface area contributed by atoms with Gasteiger partial charge in [-0.1, -0.05) is 87.0 Å². The zero-order chi connectivity index (χ0) is 32.9. The van der Waals surface area contributed by atoms with Crippen molar-refractivity contribution in [3.05, 3.63) is 33.7 Å². The molecule has 0 aliphatic carbocycles. The lowest BCUT2D eigenvalue weighted by atomic mass is 9.84. The van der Waals surface area contributed by atoms with Crippen molar-refractivity contribution >= 4 is 33.7 Å². The molecule has 8 heteroatoms. The summed E-state index contributed by atoms with van der Waals surface area (Å²) in [7, 11) is 1.71. The highest BCUT2D eigenvalue weighted by Gasteiger charge is 2.32. The van der Waals surface area contributed by atoms with Gasteiger partial charge >= 0.3 is 5.97 Å². The number of benzene rings is 1. The summed E-state index contributed by atoms with van der Waals surface area (Å²) in [5.41, 5.74) is 3.34. The molecule has 1 heterocycles. The number of carbonyl (C=O) groups excluding carboxylic acids is 1. The number of ether oxygens (including phenoxy) is 2. The molecule has 0 saturated carbocycles. The number of aryl methyl sites for hydroxylation is 1. The minimum Gasteiger partial charge on any atom is -0.495 e. The Labute approximate surface area is 271 Å². The van der Waals surface area contributed by atoms with E-state index >= 15 is 0 Å². The molecule has 0 saturated heterocycles. The van der Waals surface area contributed by atoms with Crippen LogP contribution in [0, 0.1) is 30.1 Å². The lowest BCUT2D eigenvalue weighted by molar-refractivity contribution is 0.0529. The summed E-state index contributed by atoms with van der Waals surface area (Å²) in [5.74, 6) is 1.58. The van der Waals surface area contributed by atoms with Gasteiger partial charge in [0.05, 0.1) is 30.7 Å². The normalized spacial score (nSPS) is 13.1. The fraction of sp³-hybridized carbons (Fsp3) is 0.667. The molecule has 44 heavy (non-hydrogen) atoms. The third-order valence-corrected chi connectivity index (χ3v) is 9.40. The third-order valence-electron chi connectivity index (χ3n) is 8.34. The van der Waals surface area contributed by atoms with Crippen molar-refractivity contribution < 1.29 is 14.3 Å². The molecule has 0 amide bonds. The van der Waals surface area contributed by atoms with E-state index in [2.05, 4.69) is 55.0 Å². The standard InChI is InChI=1S/C36H56N4O3S/c1-11-16-18-26(13-3)23-40(24-27(14-4)19-17-12-2)30-20-25(6)29(21-31(30)42-10)38-39-34-28(22-37)32(36(7,8)9)33(44-34)35(41)43-15-5/h20-21,26-27H,11-19,23-24H2,1-10H3. The van der Waals surface area contributed by atoms with Gasteiger partial charge in [0.1, 0.15) is 16.7 Å². The van der Waals surface area contributed by atoms with Crippen LogP contribution in [-0.4, -0.2) is 32.8 Å². The Morgan fingerprint density at radius 1 is 1.00 bits per heavy atom. The van der Waals surface area contributed by atoms with Crippen LogP contribution in [-0.2, 0) is 10.2 Å². The number of rotatable bonds is 18. The van der Waals surface area contributed by atoms with E-state index < -0.39 is 11.4 Å². The summed E-state index contributed by atoms with van der Waals surface area (Å²) < 4.78 is 11.3. The van der Waals surface area contributed by atoms with E-state index in [1.54, 1.807) is 14.0 Å². The summed E-state index contributed by atoms with van der Waals surface area (Å²) in [4.78, 5) is 15.8. The molecule has 0 radical (unpaired) electrons. The van der Waals surface area contributed by atoms with E-state index in [0.717, 1.165) is 54.3 Å². The summed E-state index contributed by atoms with van der Waals surface area (Å²) in [5, 5.41) is 19.6. The Morgan fingerprint density at radius 2 is 1.59 bits per heavy atom. The van der Waals surface area contributed by atoms with Crippen molar-refractivity contribution in [3.8, 4) is 11.8 Å². The van der Waals surface area contributed by atoms with Crippen LogP contribution in [0.3, 0.4) is 0 Å². The molecule has 2 aromatic rings. The van der Waals surface area contributed by atoms with Crippen molar-refractivity contribution in [1.82, 2.24) is 0 Å². The molecular weight excluding hydrogens is 568 g/mol. The molecular formula is C36H56N4O3S. The zero-order valence-electron chi connectivity index (χ0n) is 29.0. The molecule has 1 aromatic heterocycles. The van der Waals surface area contributed by atoms with Gasteiger partial charge in [-0.05, 0) is 55.6 Å². The summed E-state index contributed by atoms with van der Waals surface area (Å²) in [6, 6.07) is 6.41. The number of nitrogens with zero attached hydrogens (tertiary/aromatic N) is 4. The summed E-state index contributed by atoms with van der Waals surface area (Å²) in [6.45, 7) is 21.2. The number of hydrogen-bond acceptors (Lipinski definition) is 8. The Balaban J connectivity index is 2.58. The minimum atomic E-state index is -0.442. The van der Waals surface area contributed by atoms with Crippen molar-refractivity contribution in [3.63, 3.8) is 0 Å². The smallest absolute Gasteiger partial charge is 0.348 e. The third kappa shape index (κ3) is 10.1. The summed E-state index contributed by atoms with van der Waals surface area (Å²) in [6.07, 6.45) is 9.69. The minimum absolute atomic E-state index is 0.261. The Hall–Kier alpha value is -2.92. The average Bonchev–Trinajstić information content (AvgIpc) is 3.39. The quantitative estimate of drug-likeness (QED) is 0.122. The lowest BCUT2D eigenvalue weighted by Crippen LogP contribution is -2.34. The van der Waals surface area contributed by atoms with Crippen LogP contribution in [0.1, 0.15) is 133 Å². The molecule has 0 aliphatic heterocycles. The van der Waals surface area contributed by atoms with E-state index in [0.29, 0.717) is 38.5 Å². The van der Waals surface area contributed by atoms with Crippen LogP contribution in [0.4, 0.5) is 16.4 Å². The fourth-order valence-corrected chi connectivity index (χ4v) is 6.84. The second-order valence-corrected chi connectivity index (χ2v) is 13.8. The first-order valence-corrected chi connectivity index (χ1v) is 17.4. The van der Waals surface area contributed by atoms with Crippen molar-refractivity contribution in [2.24, 2.45) is 22.1 Å². The van der Waals surface area contributed by atoms with E-state index in [1.807, 2.05) is 33.8 Å². The number of hydrogen-bond donors (Lipinski definition) is 0. The number of azo groups is 1. The lowest BCUT2D eigenvalue weighted by Gasteiger charge is -2.33. The van der Waals surface area contributed by atoms with Crippen molar-refractivity contribution in [2.45, 2.75) is 119 Å². The molecule has 0 fully saturated rings.